The normalized spacial score (nSPS) is 28.1. The van der Waals surface area contributed by atoms with Gasteiger partial charge in [-0.05, 0) is 25.1 Å². The fourth-order valence-corrected chi connectivity index (χ4v) is 5.72. The van der Waals surface area contributed by atoms with Gasteiger partial charge in [0.05, 0.1) is 7.11 Å². The van der Waals surface area contributed by atoms with E-state index in [9.17, 15) is 0 Å². The van der Waals surface area contributed by atoms with Gasteiger partial charge < -0.3 is 10.1 Å². The van der Waals surface area contributed by atoms with Crippen LogP contribution in [0.3, 0.4) is 0 Å². The van der Waals surface area contributed by atoms with Crippen LogP contribution in [-0.4, -0.2) is 41.7 Å². The third kappa shape index (κ3) is 3.86. The molecule has 0 radical (unpaired) electrons. The van der Waals surface area contributed by atoms with Gasteiger partial charge in [0.25, 0.3) is 0 Å². The van der Waals surface area contributed by atoms with Gasteiger partial charge in [-0.2, -0.15) is 23.5 Å². The lowest BCUT2D eigenvalue weighted by molar-refractivity contribution is 0.406. The highest BCUT2D eigenvalue weighted by molar-refractivity contribution is 8.07. The molecule has 1 fully saturated rings. The van der Waals surface area contributed by atoms with Crippen LogP contribution in [0.1, 0.15) is 19.4 Å². The molecule has 1 N–H and O–H groups in total. The van der Waals surface area contributed by atoms with E-state index in [0.717, 1.165) is 22.7 Å². The molecule has 0 saturated carbocycles. The molecule has 0 amide bonds. The Labute approximate surface area is 131 Å². The Bertz CT molecular complexity index is 427. The van der Waals surface area contributed by atoms with Crippen molar-refractivity contribution in [3.8, 4) is 5.75 Å². The van der Waals surface area contributed by atoms with Crippen molar-refractivity contribution in [3.05, 3.63) is 29.8 Å². The van der Waals surface area contributed by atoms with Crippen LogP contribution in [0, 0.1) is 0 Å². The largest absolute Gasteiger partial charge is 0.496 e. The zero-order valence-electron chi connectivity index (χ0n) is 12.8. The molecule has 1 aromatic carbocycles. The Morgan fingerprint density at radius 1 is 1.30 bits per heavy atom. The van der Waals surface area contributed by atoms with E-state index in [0.29, 0.717) is 11.3 Å². The summed E-state index contributed by atoms with van der Waals surface area (Å²) in [7, 11) is 3.83. The lowest BCUT2D eigenvalue weighted by atomic mass is 10.0. The van der Waals surface area contributed by atoms with Gasteiger partial charge in [0.1, 0.15) is 5.75 Å². The number of likely N-dealkylation sites (N-methyl/N-ethyl adjacent to an activating group) is 1. The Morgan fingerprint density at radius 2 is 2.05 bits per heavy atom. The van der Waals surface area contributed by atoms with E-state index in [2.05, 4.69) is 67.9 Å². The summed E-state index contributed by atoms with van der Waals surface area (Å²) in [5.74, 6) is 2.24. The molecular weight excluding hydrogens is 286 g/mol. The van der Waals surface area contributed by atoms with Crippen molar-refractivity contribution in [1.82, 2.24) is 5.32 Å². The van der Waals surface area contributed by atoms with Crippen molar-refractivity contribution in [2.24, 2.45) is 0 Å². The van der Waals surface area contributed by atoms with Crippen LogP contribution >= 0.6 is 23.5 Å². The molecule has 0 spiro atoms. The number of nitrogens with one attached hydrogen (secondary N) is 1. The number of benzene rings is 1. The van der Waals surface area contributed by atoms with E-state index >= 15 is 0 Å². The second-order valence-corrected chi connectivity index (χ2v) is 8.36. The summed E-state index contributed by atoms with van der Waals surface area (Å²) in [6.45, 7) is 4.69. The number of hydrogen-bond donors (Lipinski definition) is 1. The molecule has 4 atom stereocenters. The molecule has 0 aliphatic carbocycles. The molecule has 2 nitrogen and oxygen atoms in total. The Balaban J connectivity index is 2.05. The molecular formula is C16H25NOS2. The van der Waals surface area contributed by atoms with Gasteiger partial charge in [-0.1, -0.05) is 32.0 Å². The van der Waals surface area contributed by atoms with Gasteiger partial charge in [-0.3, -0.25) is 0 Å². The maximum absolute atomic E-state index is 5.48. The highest BCUT2D eigenvalue weighted by atomic mass is 32.2. The van der Waals surface area contributed by atoms with Crippen LogP contribution < -0.4 is 10.1 Å². The molecule has 112 valence electrons. The summed E-state index contributed by atoms with van der Waals surface area (Å²) in [5.41, 5.74) is 1.30. The predicted molar refractivity (Wildman–Crippen MR) is 92.3 cm³/mol. The predicted octanol–water partition coefficient (Wildman–Crippen LogP) is 3.45. The van der Waals surface area contributed by atoms with Gasteiger partial charge in [0.2, 0.25) is 0 Å². The number of methoxy groups -OCH3 is 1. The Hall–Kier alpha value is -0.320. The summed E-state index contributed by atoms with van der Waals surface area (Å²) >= 11 is 4.24. The van der Waals surface area contributed by atoms with Crippen molar-refractivity contribution in [2.45, 2.75) is 42.1 Å². The zero-order chi connectivity index (χ0) is 14.5. The molecule has 2 rings (SSSR count). The Kier molecular flexibility index (Phi) is 6.12. The summed E-state index contributed by atoms with van der Waals surface area (Å²) in [4.78, 5) is 0. The lowest BCUT2D eigenvalue weighted by Crippen LogP contribution is -2.43. The van der Waals surface area contributed by atoms with Crippen molar-refractivity contribution in [3.63, 3.8) is 0 Å². The molecule has 1 saturated heterocycles. The van der Waals surface area contributed by atoms with E-state index < -0.39 is 0 Å². The maximum Gasteiger partial charge on any atom is 0.122 e. The minimum absolute atomic E-state index is 0.499. The molecule has 1 heterocycles. The average molecular weight is 312 g/mol. The molecule has 0 aromatic heterocycles. The van der Waals surface area contributed by atoms with Crippen LogP contribution in [0.15, 0.2) is 24.3 Å². The van der Waals surface area contributed by atoms with Crippen molar-refractivity contribution >= 4 is 23.5 Å². The minimum atomic E-state index is 0.499. The summed E-state index contributed by atoms with van der Waals surface area (Å²) < 4.78 is 5.48. The first-order chi connectivity index (χ1) is 9.65. The van der Waals surface area contributed by atoms with Crippen LogP contribution in [0.5, 0.6) is 5.75 Å². The van der Waals surface area contributed by atoms with Crippen molar-refractivity contribution < 1.29 is 4.74 Å². The summed E-state index contributed by atoms with van der Waals surface area (Å²) in [6, 6.07) is 8.86. The Morgan fingerprint density at radius 3 is 2.70 bits per heavy atom. The molecule has 0 bridgehead atoms. The second-order valence-electron chi connectivity index (χ2n) is 5.33. The van der Waals surface area contributed by atoms with Gasteiger partial charge in [-0.15, -0.1) is 0 Å². The van der Waals surface area contributed by atoms with E-state index in [4.69, 9.17) is 4.74 Å². The van der Waals surface area contributed by atoms with Gasteiger partial charge >= 0.3 is 0 Å². The van der Waals surface area contributed by atoms with Crippen LogP contribution in [0.25, 0.3) is 0 Å². The molecule has 1 aliphatic rings. The minimum Gasteiger partial charge on any atom is -0.496 e. The number of thioether (sulfide) groups is 2. The van der Waals surface area contributed by atoms with Crippen LogP contribution in [0.4, 0.5) is 0 Å². The number of para-hydroxylation sites is 1. The highest BCUT2D eigenvalue weighted by Gasteiger charge is 2.30. The van der Waals surface area contributed by atoms with E-state index in [1.807, 2.05) is 6.07 Å². The molecule has 20 heavy (non-hydrogen) atoms. The summed E-state index contributed by atoms with van der Waals surface area (Å²) in [5, 5.41) is 5.68. The highest BCUT2D eigenvalue weighted by Crippen LogP contribution is 2.38. The standard InChI is InChI=1S/C16H25NOS2/c1-11-12(2)20-16(10-19-11)14(17-3)9-13-7-5-6-8-15(13)18-4/h5-8,11-12,14,16-17H,9-10H2,1-4H3. The van der Waals surface area contributed by atoms with E-state index in [-0.39, 0.29) is 0 Å². The number of hydrogen-bond acceptors (Lipinski definition) is 4. The SMILES string of the molecule is CNC(Cc1ccccc1OC)C1CSC(C)C(C)S1. The maximum atomic E-state index is 5.48. The smallest absolute Gasteiger partial charge is 0.122 e. The molecule has 4 heteroatoms. The first-order valence-corrected chi connectivity index (χ1v) is 9.21. The van der Waals surface area contributed by atoms with Gasteiger partial charge in [0.15, 0.2) is 0 Å². The topological polar surface area (TPSA) is 21.3 Å². The molecule has 1 aromatic rings. The number of ether oxygens (including phenoxy) is 1. The van der Waals surface area contributed by atoms with Crippen molar-refractivity contribution in [1.29, 1.82) is 0 Å². The molecule has 4 unspecified atom stereocenters. The van der Waals surface area contributed by atoms with Gasteiger partial charge in [0, 0.05) is 27.5 Å². The quantitative estimate of drug-likeness (QED) is 0.899. The fraction of sp³-hybridized carbons (Fsp3) is 0.625. The lowest BCUT2D eigenvalue weighted by Gasteiger charge is -2.36. The zero-order valence-corrected chi connectivity index (χ0v) is 14.4. The van der Waals surface area contributed by atoms with Crippen LogP contribution in [-0.2, 0) is 6.42 Å². The average Bonchev–Trinajstić information content (AvgIpc) is 2.48. The summed E-state index contributed by atoms with van der Waals surface area (Å²) in [6.07, 6.45) is 1.03. The van der Waals surface area contributed by atoms with Crippen LogP contribution in [0.2, 0.25) is 0 Å². The van der Waals surface area contributed by atoms with Gasteiger partial charge in [-0.25, -0.2) is 0 Å². The first-order valence-electron chi connectivity index (χ1n) is 7.22. The first kappa shape index (κ1) is 16.1. The molecule has 1 aliphatic heterocycles. The monoisotopic (exact) mass is 311 g/mol. The van der Waals surface area contributed by atoms with E-state index in [1.165, 1.54) is 11.3 Å². The number of rotatable bonds is 5. The second kappa shape index (κ2) is 7.62. The van der Waals surface area contributed by atoms with E-state index in [1.54, 1.807) is 7.11 Å². The third-order valence-electron chi connectivity index (χ3n) is 4.03. The van der Waals surface area contributed by atoms with Crippen molar-refractivity contribution in [2.75, 3.05) is 19.9 Å². The third-order valence-corrected chi connectivity index (χ3v) is 7.58. The fourth-order valence-electron chi connectivity index (χ4n) is 2.55.